The Morgan fingerprint density at radius 3 is 2.56 bits per heavy atom. The van der Waals surface area contributed by atoms with Gasteiger partial charge in [0, 0.05) is 22.9 Å². The maximum Gasteiger partial charge on any atom is 0.336 e. The number of carbonyl (C=O) groups excluding carboxylic acids is 3. The molecule has 2 aromatic rings. The number of fused-ring (bicyclic) bond motifs is 1. The fourth-order valence-corrected chi connectivity index (χ4v) is 4.97. The second-order valence-electron chi connectivity index (χ2n) is 8.32. The van der Waals surface area contributed by atoms with Crippen LogP contribution in [0.25, 0.3) is 10.8 Å². The average Bonchev–Trinajstić information content (AvgIpc) is 2.77. The number of benzene rings is 2. The Morgan fingerprint density at radius 1 is 1.12 bits per heavy atom. The summed E-state index contributed by atoms with van der Waals surface area (Å²) in [6.07, 6.45) is 0.509. The third-order valence-corrected chi connectivity index (χ3v) is 6.37. The average molecular weight is 434 g/mol. The molecule has 4 rings (SSSR count). The van der Waals surface area contributed by atoms with Crippen LogP contribution >= 0.6 is 0 Å². The smallest absolute Gasteiger partial charge is 0.336 e. The third kappa shape index (κ3) is 3.49. The number of carbonyl (C=O) groups is 3. The summed E-state index contributed by atoms with van der Waals surface area (Å²) in [5.41, 5.74) is 3.10. The van der Waals surface area contributed by atoms with Crippen LogP contribution in [0.1, 0.15) is 38.7 Å². The lowest BCUT2D eigenvalue weighted by molar-refractivity contribution is -0.151. The Kier molecular flexibility index (Phi) is 5.87. The zero-order chi connectivity index (χ0) is 23.0. The van der Waals surface area contributed by atoms with Gasteiger partial charge in [0.1, 0.15) is 5.92 Å². The van der Waals surface area contributed by atoms with Gasteiger partial charge < -0.3 is 14.8 Å². The first-order valence-corrected chi connectivity index (χ1v) is 10.9. The van der Waals surface area contributed by atoms with Crippen LogP contribution in [0.15, 0.2) is 65.0 Å². The molecule has 1 aliphatic heterocycles. The number of allylic oxidation sites excluding steroid dienone is 3. The maximum atomic E-state index is 13.7. The number of dihydropyridines is 1. The molecule has 0 amide bonds. The number of ketones is 1. The number of rotatable bonds is 4. The first-order chi connectivity index (χ1) is 15.4. The van der Waals surface area contributed by atoms with Gasteiger partial charge in [0.05, 0.1) is 19.3 Å². The third-order valence-electron chi connectivity index (χ3n) is 6.37. The number of ether oxygens (including phenoxy) is 2. The first kappa shape index (κ1) is 21.8. The number of hydrogen-bond donors (Lipinski definition) is 1. The van der Waals surface area contributed by atoms with Crippen LogP contribution in [0, 0.1) is 11.8 Å². The molecule has 1 N–H and O–H groups in total. The van der Waals surface area contributed by atoms with Gasteiger partial charge in [0.25, 0.3) is 0 Å². The van der Waals surface area contributed by atoms with E-state index < -0.39 is 23.8 Å². The molecule has 0 aromatic heterocycles. The lowest BCUT2D eigenvalue weighted by Crippen LogP contribution is -2.43. The normalized spacial score (nSPS) is 23.0. The van der Waals surface area contributed by atoms with Crippen molar-refractivity contribution in [1.29, 1.82) is 0 Å². The summed E-state index contributed by atoms with van der Waals surface area (Å²) in [5.74, 6) is -3.07. The summed E-state index contributed by atoms with van der Waals surface area (Å²) >= 11 is 0. The van der Waals surface area contributed by atoms with Gasteiger partial charge in [-0.1, -0.05) is 49.4 Å². The van der Waals surface area contributed by atoms with E-state index in [0.29, 0.717) is 23.3 Å². The highest BCUT2D eigenvalue weighted by atomic mass is 16.5. The predicted octanol–water partition coefficient (Wildman–Crippen LogP) is 4.02. The molecule has 0 unspecified atom stereocenters. The van der Waals surface area contributed by atoms with E-state index in [2.05, 4.69) is 5.32 Å². The summed E-state index contributed by atoms with van der Waals surface area (Å²) < 4.78 is 10.3. The van der Waals surface area contributed by atoms with Gasteiger partial charge in [-0.05, 0) is 42.5 Å². The van der Waals surface area contributed by atoms with Gasteiger partial charge in [-0.3, -0.25) is 9.59 Å². The fourth-order valence-electron chi connectivity index (χ4n) is 4.97. The molecule has 0 bridgehead atoms. The minimum absolute atomic E-state index is 0.216. The first-order valence-electron chi connectivity index (χ1n) is 10.9. The lowest BCUT2D eigenvalue weighted by Gasteiger charge is -2.38. The van der Waals surface area contributed by atoms with E-state index in [-0.39, 0.29) is 18.3 Å². The molecule has 6 heteroatoms. The molecule has 6 nitrogen and oxygen atoms in total. The summed E-state index contributed by atoms with van der Waals surface area (Å²) in [4.78, 5) is 39.4. The molecular formula is C26H27NO5. The lowest BCUT2D eigenvalue weighted by atomic mass is 9.68. The van der Waals surface area contributed by atoms with Crippen molar-refractivity contribution in [1.82, 2.24) is 5.32 Å². The summed E-state index contributed by atoms with van der Waals surface area (Å²) in [5, 5.41) is 5.23. The molecule has 166 valence electrons. The Morgan fingerprint density at radius 2 is 1.84 bits per heavy atom. The Labute approximate surface area is 187 Å². The van der Waals surface area contributed by atoms with Gasteiger partial charge in [-0.25, -0.2) is 4.79 Å². The minimum atomic E-state index is -0.903. The zero-order valence-corrected chi connectivity index (χ0v) is 18.7. The quantitative estimate of drug-likeness (QED) is 0.579. The van der Waals surface area contributed by atoms with Crippen LogP contribution in [-0.4, -0.2) is 31.4 Å². The van der Waals surface area contributed by atoms with Crippen molar-refractivity contribution in [2.24, 2.45) is 11.8 Å². The molecule has 3 atom stereocenters. The van der Waals surface area contributed by atoms with Crippen molar-refractivity contribution in [3.8, 4) is 0 Å². The zero-order valence-electron chi connectivity index (χ0n) is 18.7. The number of esters is 2. The molecule has 2 aliphatic rings. The Bertz CT molecular complexity index is 1170. The van der Waals surface area contributed by atoms with Crippen molar-refractivity contribution in [3.63, 3.8) is 0 Å². The van der Waals surface area contributed by atoms with Gasteiger partial charge in [-0.2, -0.15) is 0 Å². The molecule has 0 saturated heterocycles. The van der Waals surface area contributed by atoms with E-state index in [1.807, 2.05) is 56.3 Å². The van der Waals surface area contributed by atoms with E-state index in [1.54, 1.807) is 6.92 Å². The summed E-state index contributed by atoms with van der Waals surface area (Å²) in [7, 11) is 1.29. The molecule has 0 radical (unpaired) electrons. The van der Waals surface area contributed by atoms with Crippen LogP contribution < -0.4 is 5.32 Å². The van der Waals surface area contributed by atoms with Gasteiger partial charge in [0.2, 0.25) is 0 Å². The van der Waals surface area contributed by atoms with Crippen molar-refractivity contribution in [2.75, 3.05) is 13.7 Å². The molecule has 1 aliphatic carbocycles. The van der Waals surface area contributed by atoms with Crippen molar-refractivity contribution < 1.29 is 23.9 Å². The van der Waals surface area contributed by atoms with Crippen molar-refractivity contribution in [3.05, 3.63) is 70.6 Å². The molecule has 0 spiro atoms. The van der Waals surface area contributed by atoms with Gasteiger partial charge in [-0.15, -0.1) is 0 Å². The molecule has 2 aromatic carbocycles. The van der Waals surface area contributed by atoms with E-state index in [1.165, 1.54) is 7.11 Å². The molecular weight excluding hydrogens is 406 g/mol. The topological polar surface area (TPSA) is 81.7 Å². The van der Waals surface area contributed by atoms with Crippen LogP contribution in [0.3, 0.4) is 0 Å². The van der Waals surface area contributed by atoms with E-state index in [0.717, 1.165) is 22.0 Å². The van der Waals surface area contributed by atoms with E-state index in [4.69, 9.17) is 9.47 Å². The Hall–Kier alpha value is -3.41. The van der Waals surface area contributed by atoms with Crippen LogP contribution in [0.2, 0.25) is 0 Å². The van der Waals surface area contributed by atoms with Crippen LogP contribution in [-0.2, 0) is 23.9 Å². The van der Waals surface area contributed by atoms with Crippen LogP contribution in [0.5, 0.6) is 0 Å². The fraction of sp³-hybridized carbons (Fsp3) is 0.346. The van der Waals surface area contributed by atoms with E-state index >= 15 is 0 Å². The van der Waals surface area contributed by atoms with Gasteiger partial charge >= 0.3 is 11.9 Å². The summed E-state index contributed by atoms with van der Waals surface area (Å²) in [6.45, 7) is 5.68. The summed E-state index contributed by atoms with van der Waals surface area (Å²) in [6, 6.07) is 13.7. The highest BCUT2D eigenvalue weighted by molar-refractivity contribution is 6.13. The van der Waals surface area contributed by atoms with Crippen LogP contribution in [0.4, 0.5) is 0 Å². The number of hydrogen-bond acceptors (Lipinski definition) is 6. The number of nitrogens with one attached hydrogen (secondary N) is 1. The minimum Gasteiger partial charge on any atom is -0.468 e. The Balaban J connectivity index is 1.97. The maximum absolute atomic E-state index is 13.7. The largest absolute Gasteiger partial charge is 0.468 e. The van der Waals surface area contributed by atoms with E-state index in [9.17, 15) is 14.4 Å². The van der Waals surface area contributed by atoms with Crippen molar-refractivity contribution >= 4 is 28.5 Å². The molecule has 1 heterocycles. The second kappa shape index (κ2) is 8.61. The molecule has 0 fully saturated rings. The highest BCUT2D eigenvalue weighted by Crippen LogP contribution is 2.46. The monoisotopic (exact) mass is 433 g/mol. The standard InChI is InChI=1S/C26H27NO5/c1-5-32-26(30)21-15(3)27-19-13-14(2)20(25(29)31-4)24(28)23(19)22(21)18-12-8-10-16-9-6-7-11-17(16)18/h6-12,14,20,22,27H,5,13H2,1-4H3/t14-,20+,22-/m1/s1. The highest BCUT2D eigenvalue weighted by Gasteiger charge is 2.47. The van der Waals surface area contributed by atoms with Crippen molar-refractivity contribution in [2.45, 2.75) is 33.1 Å². The number of methoxy groups -OCH3 is 1. The SMILES string of the molecule is CCOC(=O)C1=C(C)NC2=C(C(=O)[C@@H](C(=O)OC)[C@H](C)C2)[C@@H]1c1cccc2ccccc12. The van der Waals surface area contributed by atoms with Gasteiger partial charge in [0.15, 0.2) is 5.78 Å². The molecule has 0 saturated carbocycles. The second-order valence-corrected chi connectivity index (χ2v) is 8.32. The molecule has 32 heavy (non-hydrogen) atoms. The number of Topliss-reactive ketones (excluding diaryl/α,β-unsaturated/α-hetero) is 1. The predicted molar refractivity (Wildman–Crippen MR) is 120 cm³/mol.